The molecule has 1 aliphatic rings. The molecule has 28 heavy (non-hydrogen) atoms. The van der Waals surface area contributed by atoms with Crippen LogP contribution in [0.2, 0.25) is 0 Å². The fraction of sp³-hybridized carbons (Fsp3) is 0.353. The van der Waals surface area contributed by atoms with Crippen molar-refractivity contribution in [2.45, 2.75) is 6.92 Å². The molecule has 2 aromatic heterocycles. The second-order valence-corrected chi connectivity index (χ2v) is 5.31. The van der Waals surface area contributed by atoms with Crippen LogP contribution in [0.5, 0.6) is 5.88 Å². The number of pyridine rings is 1. The van der Waals surface area contributed by atoms with E-state index in [1.54, 1.807) is 19.1 Å². The van der Waals surface area contributed by atoms with E-state index in [1.165, 1.54) is 6.20 Å². The molecule has 0 spiro atoms. The molecule has 0 atom stereocenters. The van der Waals surface area contributed by atoms with Gasteiger partial charge >= 0.3 is 0 Å². The highest BCUT2D eigenvalue weighted by Gasteiger charge is 2.19. The Hall–Kier alpha value is -3.34. The van der Waals surface area contributed by atoms with Crippen LogP contribution < -0.4 is 15.0 Å². The van der Waals surface area contributed by atoms with Crippen LogP contribution in [0.25, 0.3) is 0 Å². The van der Waals surface area contributed by atoms with E-state index < -0.39 is 11.7 Å². The number of rotatable bonds is 5. The van der Waals surface area contributed by atoms with E-state index in [1.807, 2.05) is 4.90 Å². The van der Waals surface area contributed by atoms with E-state index in [0.717, 1.165) is 6.20 Å². The normalized spacial score (nSPS) is 13.1. The van der Waals surface area contributed by atoms with Crippen molar-refractivity contribution in [2.75, 3.05) is 43.1 Å². The Morgan fingerprint density at radius 3 is 2.82 bits per heavy atom. The highest BCUT2D eigenvalue weighted by Crippen LogP contribution is 2.19. The van der Waals surface area contributed by atoms with Gasteiger partial charge in [0.1, 0.15) is 5.56 Å². The first-order chi connectivity index (χ1) is 13.6. The van der Waals surface area contributed by atoms with Crippen LogP contribution in [0, 0.1) is 5.82 Å². The van der Waals surface area contributed by atoms with Crippen molar-refractivity contribution in [3.8, 4) is 5.88 Å². The van der Waals surface area contributed by atoms with Crippen molar-refractivity contribution < 1.29 is 28.6 Å². The standard InChI is InChI=1S/C16H18FN5O3.CH2O2/c1-2-25-15-11(4-3-5-18-15)14(23)20-13-12(17)10-19-16(21-13)22-6-8-24-9-7-22;2-1-3/h3-5,10H,2,6-9H2,1H3,(H,19,20,21,23);1H,(H,2,3). The minimum atomic E-state index is -0.716. The van der Waals surface area contributed by atoms with E-state index in [9.17, 15) is 9.18 Å². The zero-order valence-corrected chi connectivity index (χ0v) is 15.2. The quantitative estimate of drug-likeness (QED) is 0.720. The number of carbonyl (C=O) groups is 2. The molecular weight excluding hydrogens is 373 g/mol. The van der Waals surface area contributed by atoms with Gasteiger partial charge in [-0.05, 0) is 19.1 Å². The fourth-order valence-electron chi connectivity index (χ4n) is 2.35. The zero-order valence-electron chi connectivity index (χ0n) is 15.2. The summed E-state index contributed by atoms with van der Waals surface area (Å²) in [5.41, 5.74) is 0.204. The number of carboxylic acid groups (broad SMARTS) is 1. The molecule has 0 aliphatic carbocycles. The predicted octanol–water partition coefficient (Wildman–Crippen LogP) is 1.20. The first kappa shape index (κ1) is 21.0. The summed E-state index contributed by atoms with van der Waals surface area (Å²) < 4.78 is 24.6. The number of ether oxygens (including phenoxy) is 2. The van der Waals surface area contributed by atoms with Crippen molar-refractivity contribution in [2.24, 2.45) is 0 Å². The third kappa shape index (κ3) is 5.58. The molecule has 1 fully saturated rings. The van der Waals surface area contributed by atoms with Gasteiger partial charge in [-0.25, -0.2) is 14.4 Å². The zero-order chi connectivity index (χ0) is 20.4. The molecule has 1 aliphatic heterocycles. The van der Waals surface area contributed by atoms with Gasteiger partial charge in [-0.1, -0.05) is 0 Å². The van der Waals surface area contributed by atoms with Crippen LogP contribution in [0.1, 0.15) is 17.3 Å². The minimum Gasteiger partial charge on any atom is -0.483 e. The number of aromatic nitrogens is 3. The van der Waals surface area contributed by atoms with Gasteiger partial charge in [-0.3, -0.25) is 9.59 Å². The minimum absolute atomic E-state index is 0.186. The highest BCUT2D eigenvalue weighted by atomic mass is 19.1. The number of hydrogen-bond acceptors (Lipinski definition) is 8. The highest BCUT2D eigenvalue weighted by molar-refractivity contribution is 6.05. The maximum absolute atomic E-state index is 14.0. The van der Waals surface area contributed by atoms with Crippen LogP contribution >= 0.6 is 0 Å². The summed E-state index contributed by atoms with van der Waals surface area (Å²) in [6.45, 7) is 4.22. The Labute approximate surface area is 160 Å². The van der Waals surface area contributed by atoms with Gasteiger partial charge < -0.3 is 24.8 Å². The lowest BCUT2D eigenvalue weighted by atomic mass is 10.2. The molecule has 150 valence electrons. The summed E-state index contributed by atoms with van der Waals surface area (Å²) in [6.07, 6.45) is 2.56. The maximum atomic E-state index is 14.0. The summed E-state index contributed by atoms with van der Waals surface area (Å²) in [5.74, 6) is -0.927. The van der Waals surface area contributed by atoms with Gasteiger partial charge in [-0.2, -0.15) is 4.98 Å². The number of amides is 1. The van der Waals surface area contributed by atoms with Gasteiger partial charge in [0, 0.05) is 19.3 Å². The molecule has 11 heteroatoms. The molecule has 10 nitrogen and oxygen atoms in total. The largest absolute Gasteiger partial charge is 0.483 e. The lowest BCUT2D eigenvalue weighted by molar-refractivity contribution is -0.122. The molecule has 0 radical (unpaired) electrons. The van der Waals surface area contributed by atoms with E-state index in [4.69, 9.17) is 19.4 Å². The lowest BCUT2D eigenvalue weighted by Gasteiger charge is -2.26. The Morgan fingerprint density at radius 2 is 2.14 bits per heavy atom. The van der Waals surface area contributed by atoms with Crippen molar-refractivity contribution >= 4 is 24.1 Å². The van der Waals surface area contributed by atoms with Gasteiger partial charge in [0.15, 0.2) is 11.6 Å². The Kier molecular flexibility index (Phi) is 8.03. The molecule has 2 aromatic rings. The molecule has 0 aromatic carbocycles. The molecule has 0 bridgehead atoms. The molecule has 0 saturated carbocycles. The monoisotopic (exact) mass is 393 g/mol. The van der Waals surface area contributed by atoms with E-state index in [2.05, 4.69) is 20.3 Å². The van der Waals surface area contributed by atoms with Gasteiger partial charge in [-0.15, -0.1) is 0 Å². The fourth-order valence-corrected chi connectivity index (χ4v) is 2.35. The molecule has 0 unspecified atom stereocenters. The SMILES string of the molecule is CCOc1ncccc1C(=O)Nc1nc(N2CCOCC2)ncc1F.O=CO. The molecular formula is C17H20FN5O5. The van der Waals surface area contributed by atoms with Crippen molar-refractivity contribution in [3.63, 3.8) is 0 Å². The summed E-state index contributed by atoms with van der Waals surface area (Å²) in [7, 11) is 0. The third-order valence-corrected chi connectivity index (χ3v) is 3.55. The van der Waals surface area contributed by atoms with Gasteiger partial charge in [0.05, 0.1) is 26.0 Å². The summed E-state index contributed by atoms with van der Waals surface area (Å²) in [5, 5.41) is 9.35. The maximum Gasteiger partial charge on any atom is 0.290 e. The van der Waals surface area contributed by atoms with Gasteiger partial charge in [0.25, 0.3) is 12.4 Å². The average molecular weight is 393 g/mol. The summed E-state index contributed by atoms with van der Waals surface area (Å²) in [6, 6.07) is 3.15. The van der Waals surface area contributed by atoms with Crippen LogP contribution in [-0.2, 0) is 9.53 Å². The van der Waals surface area contributed by atoms with E-state index >= 15 is 0 Å². The second kappa shape index (κ2) is 10.7. The number of hydrogen-bond donors (Lipinski definition) is 2. The van der Waals surface area contributed by atoms with Crippen LogP contribution in [0.15, 0.2) is 24.5 Å². The van der Waals surface area contributed by atoms with E-state index in [0.29, 0.717) is 38.9 Å². The first-order valence-electron chi connectivity index (χ1n) is 8.43. The molecule has 1 amide bonds. The van der Waals surface area contributed by atoms with Crippen molar-refractivity contribution in [3.05, 3.63) is 35.9 Å². The average Bonchev–Trinajstić information content (AvgIpc) is 2.71. The van der Waals surface area contributed by atoms with Crippen molar-refractivity contribution in [1.82, 2.24) is 15.0 Å². The Morgan fingerprint density at radius 1 is 1.43 bits per heavy atom. The van der Waals surface area contributed by atoms with Gasteiger partial charge in [0.2, 0.25) is 11.8 Å². The van der Waals surface area contributed by atoms with Crippen LogP contribution in [-0.4, -0.2) is 65.3 Å². The number of anilines is 2. The lowest BCUT2D eigenvalue weighted by Crippen LogP contribution is -2.37. The second-order valence-electron chi connectivity index (χ2n) is 5.31. The first-order valence-corrected chi connectivity index (χ1v) is 8.43. The predicted molar refractivity (Wildman–Crippen MR) is 97.1 cm³/mol. The number of nitrogens with zero attached hydrogens (tertiary/aromatic N) is 4. The number of nitrogens with one attached hydrogen (secondary N) is 1. The molecule has 1 saturated heterocycles. The van der Waals surface area contributed by atoms with Crippen molar-refractivity contribution in [1.29, 1.82) is 0 Å². The summed E-state index contributed by atoms with van der Waals surface area (Å²) in [4.78, 5) is 34.8. The topological polar surface area (TPSA) is 127 Å². The van der Waals surface area contributed by atoms with Crippen LogP contribution in [0.4, 0.5) is 16.2 Å². The number of morpholine rings is 1. The number of carbonyl (C=O) groups excluding carboxylic acids is 1. The number of halogens is 1. The Bertz CT molecular complexity index is 801. The van der Waals surface area contributed by atoms with Crippen LogP contribution in [0.3, 0.4) is 0 Å². The van der Waals surface area contributed by atoms with E-state index in [-0.39, 0.29) is 23.7 Å². The summed E-state index contributed by atoms with van der Waals surface area (Å²) >= 11 is 0. The molecule has 3 rings (SSSR count). The molecule has 2 N–H and O–H groups in total. The third-order valence-electron chi connectivity index (χ3n) is 3.55. The Balaban J connectivity index is 0.000000878. The molecule has 3 heterocycles. The smallest absolute Gasteiger partial charge is 0.290 e.